The molecule has 0 aliphatic heterocycles. The minimum absolute atomic E-state index is 0.142. The predicted molar refractivity (Wildman–Crippen MR) is 82.6 cm³/mol. The summed E-state index contributed by atoms with van der Waals surface area (Å²) in [6.07, 6.45) is 1.59. The third kappa shape index (κ3) is 2.90. The average Bonchev–Trinajstić information content (AvgIpc) is 2.77. The van der Waals surface area contributed by atoms with Crippen LogP contribution < -0.4 is 5.32 Å². The lowest BCUT2D eigenvalue weighted by Crippen LogP contribution is -2.23. The van der Waals surface area contributed by atoms with Crippen LogP contribution >= 0.6 is 27.5 Å². The maximum atomic E-state index is 14.1. The summed E-state index contributed by atoms with van der Waals surface area (Å²) >= 11 is 9.62. The van der Waals surface area contributed by atoms with Gasteiger partial charge >= 0.3 is 0 Å². The molecule has 0 aliphatic rings. The monoisotopic (exact) mass is 359 g/mol. The van der Waals surface area contributed by atoms with Gasteiger partial charge in [0.05, 0.1) is 23.0 Å². The summed E-state index contributed by atoms with van der Waals surface area (Å²) in [7, 11) is 1.78. The molecule has 0 aliphatic carbocycles. The molecule has 0 saturated heterocycles. The molecule has 108 valence electrons. The quantitative estimate of drug-likeness (QED) is 0.879. The van der Waals surface area contributed by atoms with Gasteiger partial charge in [0.25, 0.3) is 0 Å². The van der Waals surface area contributed by atoms with Crippen molar-refractivity contribution >= 4 is 27.5 Å². The first-order chi connectivity index (χ1) is 9.45. The summed E-state index contributed by atoms with van der Waals surface area (Å²) in [5.74, 6) is -0.278. The molecule has 1 N–H and O–H groups in total. The fourth-order valence-electron chi connectivity index (χ4n) is 2.21. The predicted octanol–water partition coefficient (Wildman–Crippen LogP) is 4.33. The zero-order valence-electron chi connectivity index (χ0n) is 11.5. The molecule has 1 heterocycles. The fourth-order valence-corrected chi connectivity index (χ4v) is 2.83. The first-order valence-electron chi connectivity index (χ1n) is 6.30. The first-order valence-corrected chi connectivity index (χ1v) is 7.48. The molecule has 0 fully saturated rings. The van der Waals surface area contributed by atoms with E-state index >= 15 is 0 Å². The van der Waals surface area contributed by atoms with Crippen molar-refractivity contribution in [2.75, 3.05) is 7.05 Å². The number of benzene rings is 1. The van der Waals surface area contributed by atoms with Crippen molar-refractivity contribution < 1.29 is 4.39 Å². The molecule has 2 rings (SSSR count). The zero-order valence-corrected chi connectivity index (χ0v) is 13.8. The topological polar surface area (TPSA) is 29.9 Å². The number of hydrogen-bond acceptors (Lipinski definition) is 2. The minimum atomic E-state index is -0.357. The largest absolute Gasteiger partial charge is 0.308 e. The molecule has 3 nitrogen and oxygen atoms in total. The van der Waals surface area contributed by atoms with Crippen molar-refractivity contribution in [1.82, 2.24) is 15.1 Å². The zero-order chi connectivity index (χ0) is 14.9. The Morgan fingerprint density at radius 2 is 2.10 bits per heavy atom. The summed E-state index contributed by atoms with van der Waals surface area (Å²) < 4.78 is 16.8. The van der Waals surface area contributed by atoms with Crippen LogP contribution in [-0.4, -0.2) is 16.8 Å². The Labute approximate surface area is 131 Å². The summed E-state index contributed by atoms with van der Waals surface area (Å²) in [6.45, 7) is 4.02. The third-order valence-corrected chi connectivity index (χ3v) is 3.89. The lowest BCUT2D eigenvalue weighted by Gasteiger charge is -2.21. The molecule has 0 saturated carbocycles. The summed E-state index contributed by atoms with van der Waals surface area (Å²) in [6, 6.07) is 4.65. The Hall–Kier alpha value is -0.910. The lowest BCUT2D eigenvalue weighted by molar-refractivity contribution is 0.476. The maximum absolute atomic E-state index is 14.1. The Morgan fingerprint density at radius 1 is 1.40 bits per heavy atom. The third-order valence-electron chi connectivity index (χ3n) is 3.11. The molecule has 0 amide bonds. The highest BCUT2D eigenvalue weighted by Gasteiger charge is 2.24. The minimum Gasteiger partial charge on any atom is -0.308 e. The second-order valence-electron chi connectivity index (χ2n) is 4.80. The van der Waals surface area contributed by atoms with E-state index in [2.05, 4.69) is 26.3 Å². The van der Waals surface area contributed by atoms with Gasteiger partial charge < -0.3 is 5.32 Å². The van der Waals surface area contributed by atoms with Crippen LogP contribution in [0.1, 0.15) is 37.2 Å². The van der Waals surface area contributed by atoms with Crippen molar-refractivity contribution in [1.29, 1.82) is 0 Å². The van der Waals surface area contributed by atoms with E-state index < -0.39 is 0 Å². The van der Waals surface area contributed by atoms with Gasteiger partial charge in [-0.15, -0.1) is 0 Å². The number of rotatable bonds is 4. The van der Waals surface area contributed by atoms with Crippen molar-refractivity contribution in [3.05, 3.63) is 51.0 Å². The lowest BCUT2D eigenvalue weighted by atomic mass is 10.0. The molecule has 0 radical (unpaired) electrons. The maximum Gasteiger partial charge on any atom is 0.128 e. The highest BCUT2D eigenvalue weighted by molar-refractivity contribution is 9.10. The number of hydrogen-bond donors (Lipinski definition) is 1. The van der Waals surface area contributed by atoms with E-state index in [1.54, 1.807) is 25.4 Å². The van der Waals surface area contributed by atoms with Crippen LogP contribution in [0.25, 0.3) is 0 Å². The molecule has 0 spiro atoms. The van der Waals surface area contributed by atoms with Crippen molar-refractivity contribution in [3.63, 3.8) is 0 Å². The molecular weight excluding hydrogens is 345 g/mol. The van der Waals surface area contributed by atoms with Crippen molar-refractivity contribution in [2.24, 2.45) is 0 Å². The molecule has 20 heavy (non-hydrogen) atoms. The van der Waals surface area contributed by atoms with E-state index in [1.165, 1.54) is 6.07 Å². The van der Waals surface area contributed by atoms with Crippen LogP contribution in [0, 0.1) is 5.82 Å². The van der Waals surface area contributed by atoms with Crippen molar-refractivity contribution in [3.8, 4) is 0 Å². The van der Waals surface area contributed by atoms with E-state index in [0.29, 0.717) is 10.6 Å². The van der Waals surface area contributed by atoms with Crippen molar-refractivity contribution in [2.45, 2.75) is 25.9 Å². The van der Waals surface area contributed by atoms with Gasteiger partial charge in [-0.1, -0.05) is 27.5 Å². The molecule has 1 atom stereocenters. The number of nitrogens with zero attached hydrogens (tertiary/aromatic N) is 2. The van der Waals surface area contributed by atoms with Gasteiger partial charge in [-0.3, -0.25) is 4.68 Å². The molecule has 1 unspecified atom stereocenters. The second-order valence-corrected chi connectivity index (χ2v) is 6.13. The van der Waals surface area contributed by atoms with Gasteiger partial charge in [-0.2, -0.15) is 5.10 Å². The number of nitrogens with one attached hydrogen (secondary N) is 1. The van der Waals surface area contributed by atoms with Gasteiger partial charge in [0.2, 0.25) is 0 Å². The standard InChI is InChI=1S/C14H16BrClFN3/c1-8(2)20-14(11(16)7-19-20)13(18-3)10-6-9(15)4-5-12(10)17/h4-8,13,18H,1-3H3. The van der Waals surface area contributed by atoms with Crippen LogP contribution in [0.5, 0.6) is 0 Å². The van der Waals surface area contributed by atoms with Gasteiger partial charge in [-0.05, 0) is 39.1 Å². The second kappa shape index (κ2) is 6.24. The van der Waals surface area contributed by atoms with Crippen LogP contribution in [0.15, 0.2) is 28.9 Å². The van der Waals surface area contributed by atoms with Crippen LogP contribution in [0.2, 0.25) is 5.02 Å². The summed E-state index contributed by atoms with van der Waals surface area (Å²) in [4.78, 5) is 0. The normalized spacial score (nSPS) is 12.9. The first kappa shape index (κ1) is 15.5. The fraction of sp³-hybridized carbons (Fsp3) is 0.357. The number of halogens is 3. The summed E-state index contributed by atoms with van der Waals surface area (Å²) in [5, 5.41) is 7.92. The highest BCUT2D eigenvalue weighted by Crippen LogP contribution is 2.32. The van der Waals surface area contributed by atoms with Crippen LogP contribution in [-0.2, 0) is 0 Å². The highest BCUT2D eigenvalue weighted by atomic mass is 79.9. The van der Waals surface area contributed by atoms with E-state index in [-0.39, 0.29) is 17.9 Å². The van der Waals surface area contributed by atoms with E-state index in [9.17, 15) is 4.39 Å². The summed E-state index contributed by atoms with van der Waals surface area (Å²) in [5.41, 5.74) is 1.30. The van der Waals surface area contributed by atoms with E-state index in [4.69, 9.17) is 11.6 Å². The molecule has 2 aromatic rings. The SMILES string of the molecule is CNC(c1cc(Br)ccc1F)c1c(Cl)cnn1C(C)C. The molecule has 6 heteroatoms. The van der Waals surface area contributed by atoms with Gasteiger partial charge in [0.1, 0.15) is 5.82 Å². The Morgan fingerprint density at radius 3 is 2.70 bits per heavy atom. The van der Waals surface area contributed by atoms with Crippen LogP contribution in [0.4, 0.5) is 4.39 Å². The van der Waals surface area contributed by atoms with Gasteiger partial charge in [0.15, 0.2) is 0 Å². The molecular formula is C14H16BrClFN3. The Kier molecular flexibility index (Phi) is 4.83. The van der Waals surface area contributed by atoms with E-state index in [1.807, 2.05) is 18.5 Å². The van der Waals surface area contributed by atoms with Gasteiger partial charge in [-0.25, -0.2) is 4.39 Å². The number of aromatic nitrogens is 2. The van der Waals surface area contributed by atoms with Gasteiger partial charge in [0, 0.05) is 16.1 Å². The molecule has 1 aromatic heterocycles. The Balaban J connectivity index is 2.58. The molecule has 0 bridgehead atoms. The average molecular weight is 361 g/mol. The van der Waals surface area contributed by atoms with Crippen LogP contribution in [0.3, 0.4) is 0 Å². The molecule has 1 aromatic carbocycles. The smallest absolute Gasteiger partial charge is 0.128 e. The Bertz CT molecular complexity index is 612. The van der Waals surface area contributed by atoms with E-state index in [0.717, 1.165) is 10.2 Å².